The zero-order valence-corrected chi connectivity index (χ0v) is 11.8. The molecule has 0 saturated carbocycles. The monoisotopic (exact) mass is 305 g/mol. The van der Waals surface area contributed by atoms with Crippen LogP contribution in [0.4, 0.5) is 4.39 Å². The Hall–Kier alpha value is -1.51. The molecule has 112 valence electrons. The van der Waals surface area contributed by atoms with Gasteiger partial charge in [-0.05, 0) is 24.1 Å². The SMILES string of the molecule is CC(C)[C@@H](CO)NS(=O)(=O)c1ccc(C(=O)O)cc1F. The minimum atomic E-state index is -4.17. The van der Waals surface area contributed by atoms with Gasteiger partial charge in [-0.2, -0.15) is 0 Å². The lowest BCUT2D eigenvalue weighted by molar-refractivity contribution is 0.0696. The van der Waals surface area contributed by atoms with Gasteiger partial charge in [-0.1, -0.05) is 13.8 Å². The van der Waals surface area contributed by atoms with Crippen molar-refractivity contribution in [2.75, 3.05) is 6.61 Å². The molecule has 0 saturated heterocycles. The Bertz CT molecular complexity index is 600. The molecule has 0 amide bonds. The zero-order valence-electron chi connectivity index (χ0n) is 11.0. The number of carboxylic acid groups (broad SMARTS) is 1. The fourth-order valence-electron chi connectivity index (χ4n) is 1.50. The van der Waals surface area contributed by atoms with Crippen molar-refractivity contribution in [3.63, 3.8) is 0 Å². The molecular formula is C12H16FNO5S. The Labute approximate surface area is 116 Å². The third-order valence-corrected chi connectivity index (χ3v) is 4.30. The number of benzene rings is 1. The van der Waals surface area contributed by atoms with Crippen molar-refractivity contribution in [3.05, 3.63) is 29.6 Å². The standard InChI is InChI=1S/C12H16FNO5S/c1-7(2)10(6-15)14-20(18,19)11-4-3-8(12(16)17)5-9(11)13/h3-5,7,10,14-15H,6H2,1-2H3,(H,16,17)/t10-/m1/s1. The normalized spacial score (nSPS) is 13.4. The summed E-state index contributed by atoms with van der Waals surface area (Å²) in [6, 6.07) is 1.78. The number of rotatable bonds is 6. The van der Waals surface area contributed by atoms with E-state index in [1.54, 1.807) is 13.8 Å². The van der Waals surface area contributed by atoms with Crippen molar-refractivity contribution in [3.8, 4) is 0 Å². The van der Waals surface area contributed by atoms with Crippen LogP contribution in [-0.2, 0) is 10.0 Å². The summed E-state index contributed by atoms with van der Waals surface area (Å²) in [5.74, 6) is -2.69. The highest BCUT2D eigenvalue weighted by Crippen LogP contribution is 2.17. The number of aliphatic hydroxyl groups is 1. The average molecular weight is 305 g/mol. The van der Waals surface area contributed by atoms with Crippen LogP contribution in [0.5, 0.6) is 0 Å². The molecule has 8 heteroatoms. The summed E-state index contributed by atoms with van der Waals surface area (Å²) in [6.45, 7) is 2.98. The molecule has 6 nitrogen and oxygen atoms in total. The predicted octanol–water partition coefficient (Wildman–Crippen LogP) is 0.819. The van der Waals surface area contributed by atoms with E-state index < -0.39 is 39.4 Å². The number of aromatic carboxylic acids is 1. The lowest BCUT2D eigenvalue weighted by Gasteiger charge is -2.20. The summed E-state index contributed by atoms with van der Waals surface area (Å²) in [6.07, 6.45) is 0. The maximum Gasteiger partial charge on any atom is 0.335 e. The predicted molar refractivity (Wildman–Crippen MR) is 69.4 cm³/mol. The highest BCUT2D eigenvalue weighted by atomic mass is 32.2. The summed E-state index contributed by atoms with van der Waals surface area (Å²) < 4.78 is 39.9. The fraction of sp³-hybridized carbons (Fsp3) is 0.417. The van der Waals surface area contributed by atoms with Gasteiger partial charge in [-0.15, -0.1) is 0 Å². The summed E-state index contributed by atoms with van der Waals surface area (Å²) in [5, 5.41) is 17.8. The molecule has 0 aliphatic heterocycles. The van der Waals surface area contributed by atoms with Gasteiger partial charge >= 0.3 is 5.97 Å². The molecular weight excluding hydrogens is 289 g/mol. The largest absolute Gasteiger partial charge is 0.478 e. The third kappa shape index (κ3) is 3.75. The quantitative estimate of drug-likeness (QED) is 0.722. The van der Waals surface area contributed by atoms with Crippen LogP contribution in [0.25, 0.3) is 0 Å². The summed E-state index contributed by atoms with van der Waals surface area (Å²) in [4.78, 5) is 10.0. The summed E-state index contributed by atoms with van der Waals surface area (Å²) in [5.41, 5.74) is -0.344. The number of sulfonamides is 1. The van der Waals surface area contributed by atoms with Crippen LogP contribution in [0, 0.1) is 11.7 Å². The Morgan fingerprint density at radius 1 is 1.40 bits per heavy atom. The molecule has 0 bridgehead atoms. The molecule has 0 aliphatic carbocycles. The van der Waals surface area contributed by atoms with E-state index in [4.69, 9.17) is 10.2 Å². The van der Waals surface area contributed by atoms with Crippen molar-refractivity contribution >= 4 is 16.0 Å². The van der Waals surface area contributed by atoms with Gasteiger partial charge in [0, 0.05) is 6.04 Å². The van der Waals surface area contributed by atoms with E-state index in [2.05, 4.69) is 4.72 Å². The molecule has 1 aromatic rings. The first kappa shape index (κ1) is 16.5. The molecule has 1 aromatic carbocycles. The van der Waals surface area contributed by atoms with Crippen molar-refractivity contribution in [2.24, 2.45) is 5.92 Å². The number of carbonyl (C=O) groups is 1. The third-order valence-electron chi connectivity index (χ3n) is 2.78. The molecule has 0 aromatic heterocycles. The second-order valence-corrected chi connectivity index (χ2v) is 6.29. The maximum absolute atomic E-state index is 13.7. The molecule has 0 radical (unpaired) electrons. The van der Waals surface area contributed by atoms with Gasteiger partial charge < -0.3 is 10.2 Å². The zero-order chi connectivity index (χ0) is 15.5. The van der Waals surface area contributed by atoms with Crippen LogP contribution in [0.15, 0.2) is 23.1 Å². The van der Waals surface area contributed by atoms with E-state index in [0.717, 1.165) is 12.1 Å². The van der Waals surface area contributed by atoms with Gasteiger partial charge in [0.1, 0.15) is 10.7 Å². The molecule has 0 fully saturated rings. The van der Waals surface area contributed by atoms with Crippen LogP contribution >= 0.6 is 0 Å². The molecule has 0 spiro atoms. The first-order valence-electron chi connectivity index (χ1n) is 5.85. The molecule has 0 aliphatic rings. The van der Waals surface area contributed by atoms with E-state index >= 15 is 0 Å². The van der Waals surface area contributed by atoms with Crippen LogP contribution in [0.1, 0.15) is 24.2 Å². The highest BCUT2D eigenvalue weighted by molar-refractivity contribution is 7.89. The molecule has 1 atom stereocenters. The highest BCUT2D eigenvalue weighted by Gasteiger charge is 2.25. The van der Waals surface area contributed by atoms with Crippen molar-refractivity contribution in [1.29, 1.82) is 0 Å². The molecule has 3 N–H and O–H groups in total. The van der Waals surface area contributed by atoms with Crippen LogP contribution in [-0.4, -0.2) is 37.2 Å². The van der Waals surface area contributed by atoms with Crippen LogP contribution < -0.4 is 4.72 Å². The number of aliphatic hydroxyl groups excluding tert-OH is 1. The van der Waals surface area contributed by atoms with Crippen LogP contribution in [0.2, 0.25) is 0 Å². The van der Waals surface area contributed by atoms with Gasteiger partial charge in [0.05, 0.1) is 12.2 Å². The Kier molecular flexibility index (Phi) is 5.21. The number of halogens is 1. The van der Waals surface area contributed by atoms with Gasteiger partial charge in [-0.3, -0.25) is 0 Å². The van der Waals surface area contributed by atoms with E-state index in [0.29, 0.717) is 6.07 Å². The second-order valence-electron chi connectivity index (χ2n) is 4.60. The Balaban J connectivity index is 3.13. The lowest BCUT2D eigenvalue weighted by atomic mass is 10.1. The molecule has 0 heterocycles. The Morgan fingerprint density at radius 3 is 2.40 bits per heavy atom. The molecule has 20 heavy (non-hydrogen) atoms. The number of hydrogen-bond donors (Lipinski definition) is 3. The smallest absolute Gasteiger partial charge is 0.335 e. The summed E-state index contributed by atoms with van der Waals surface area (Å²) in [7, 11) is -4.17. The molecule has 0 unspecified atom stereocenters. The maximum atomic E-state index is 13.7. The molecule has 1 rings (SSSR count). The van der Waals surface area contributed by atoms with Crippen LogP contribution in [0.3, 0.4) is 0 Å². The van der Waals surface area contributed by atoms with E-state index in [-0.39, 0.29) is 11.5 Å². The summed E-state index contributed by atoms with van der Waals surface area (Å²) >= 11 is 0. The number of hydrogen-bond acceptors (Lipinski definition) is 4. The fourth-order valence-corrected chi connectivity index (χ4v) is 2.93. The first-order valence-corrected chi connectivity index (χ1v) is 7.33. The Morgan fingerprint density at radius 2 is 2.00 bits per heavy atom. The van der Waals surface area contributed by atoms with Crippen molar-refractivity contribution in [1.82, 2.24) is 4.72 Å². The topological polar surface area (TPSA) is 104 Å². The first-order chi connectivity index (χ1) is 9.19. The van der Waals surface area contributed by atoms with Gasteiger partial charge in [-0.25, -0.2) is 22.3 Å². The van der Waals surface area contributed by atoms with E-state index in [1.165, 1.54) is 0 Å². The number of nitrogens with one attached hydrogen (secondary N) is 1. The number of carboxylic acids is 1. The average Bonchev–Trinajstić information content (AvgIpc) is 2.35. The van der Waals surface area contributed by atoms with Crippen molar-refractivity contribution < 1.29 is 27.8 Å². The van der Waals surface area contributed by atoms with E-state index in [1.807, 2.05) is 0 Å². The lowest BCUT2D eigenvalue weighted by Crippen LogP contribution is -2.41. The van der Waals surface area contributed by atoms with E-state index in [9.17, 15) is 17.6 Å². The minimum absolute atomic E-state index is 0.184. The minimum Gasteiger partial charge on any atom is -0.478 e. The van der Waals surface area contributed by atoms with Gasteiger partial charge in [0.15, 0.2) is 0 Å². The van der Waals surface area contributed by atoms with Gasteiger partial charge in [0.25, 0.3) is 0 Å². The second kappa shape index (κ2) is 6.29. The van der Waals surface area contributed by atoms with Crippen molar-refractivity contribution in [2.45, 2.75) is 24.8 Å². The van der Waals surface area contributed by atoms with Gasteiger partial charge in [0.2, 0.25) is 10.0 Å².